The predicted molar refractivity (Wildman–Crippen MR) is 75.5 cm³/mol. The van der Waals surface area contributed by atoms with E-state index in [-0.39, 0.29) is 11.3 Å². The Bertz CT molecular complexity index is 772. The minimum Gasteiger partial charge on any atom is -0.453 e. The zero-order valence-corrected chi connectivity index (χ0v) is 11.4. The van der Waals surface area contributed by atoms with Crippen LogP contribution in [0, 0.1) is 11.6 Å². The second-order valence-electron chi connectivity index (χ2n) is 4.27. The fourth-order valence-electron chi connectivity index (χ4n) is 1.87. The topological polar surface area (TPSA) is 37.9 Å². The largest absolute Gasteiger partial charge is 0.453 e. The average molecular weight is 307 g/mol. The van der Waals surface area contributed by atoms with Gasteiger partial charge >= 0.3 is 0 Å². The third-order valence-electron chi connectivity index (χ3n) is 2.87. The maximum atomic E-state index is 13.8. The summed E-state index contributed by atoms with van der Waals surface area (Å²) in [5.74, 6) is -1.08. The van der Waals surface area contributed by atoms with Crippen LogP contribution in [0.25, 0.3) is 11.3 Å². The van der Waals surface area contributed by atoms with Gasteiger partial charge in [-0.15, -0.1) is 0 Å². The van der Waals surface area contributed by atoms with E-state index >= 15 is 0 Å². The highest BCUT2D eigenvalue weighted by Gasteiger charge is 2.16. The Kier molecular flexibility index (Phi) is 3.58. The number of H-pyrrole nitrogens is 1. The number of halogens is 3. The van der Waals surface area contributed by atoms with Gasteiger partial charge in [-0.05, 0) is 36.4 Å². The summed E-state index contributed by atoms with van der Waals surface area (Å²) in [6.07, 6.45) is 1.40. The van der Waals surface area contributed by atoms with Gasteiger partial charge in [-0.25, -0.2) is 8.78 Å². The molecular formula is C15H9ClF2N2O. The maximum absolute atomic E-state index is 13.8. The summed E-state index contributed by atoms with van der Waals surface area (Å²) >= 11 is 5.79. The fourth-order valence-corrected chi connectivity index (χ4v) is 2.00. The lowest BCUT2D eigenvalue weighted by molar-refractivity contribution is 0.482. The smallest absolute Gasteiger partial charge is 0.173 e. The molecule has 0 bridgehead atoms. The van der Waals surface area contributed by atoms with Gasteiger partial charge in [0.1, 0.15) is 11.4 Å². The normalized spacial score (nSPS) is 10.6. The molecule has 1 N–H and O–H groups in total. The number of rotatable bonds is 3. The first-order valence-electron chi connectivity index (χ1n) is 6.06. The molecule has 0 saturated carbocycles. The summed E-state index contributed by atoms with van der Waals surface area (Å²) in [4.78, 5) is 0. The number of hydrogen-bond donors (Lipinski definition) is 1. The van der Waals surface area contributed by atoms with E-state index in [9.17, 15) is 8.78 Å². The van der Waals surface area contributed by atoms with Crippen LogP contribution in [-0.2, 0) is 0 Å². The second-order valence-corrected chi connectivity index (χ2v) is 4.70. The molecule has 0 saturated heterocycles. The fraction of sp³-hybridized carbons (Fsp3) is 0. The molecule has 3 aromatic rings. The highest BCUT2D eigenvalue weighted by Crippen LogP contribution is 2.33. The lowest BCUT2D eigenvalue weighted by atomic mass is 10.1. The number of benzene rings is 2. The molecule has 0 aliphatic heterocycles. The van der Waals surface area contributed by atoms with Gasteiger partial charge in [-0.3, -0.25) is 5.10 Å². The Morgan fingerprint density at radius 2 is 1.81 bits per heavy atom. The zero-order valence-electron chi connectivity index (χ0n) is 10.6. The van der Waals surface area contributed by atoms with Crippen LogP contribution in [0.3, 0.4) is 0 Å². The predicted octanol–water partition coefficient (Wildman–Crippen LogP) is 4.80. The summed E-state index contributed by atoms with van der Waals surface area (Å²) in [7, 11) is 0. The Labute approximate surface area is 124 Å². The maximum Gasteiger partial charge on any atom is 0.173 e. The molecule has 0 aliphatic carbocycles. The van der Waals surface area contributed by atoms with Gasteiger partial charge in [0, 0.05) is 10.6 Å². The van der Waals surface area contributed by atoms with E-state index in [2.05, 4.69) is 10.2 Å². The summed E-state index contributed by atoms with van der Waals surface area (Å²) in [5, 5.41) is 7.01. The molecule has 0 aliphatic rings. The average Bonchev–Trinajstić information content (AvgIpc) is 2.92. The van der Waals surface area contributed by atoms with E-state index in [1.54, 1.807) is 24.3 Å². The molecule has 3 rings (SSSR count). The molecular weight excluding hydrogens is 298 g/mol. The molecule has 0 unspecified atom stereocenters. The minimum absolute atomic E-state index is 0.0523. The number of nitrogens with zero attached hydrogens (tertiary/aromatic N) is 1. The van der Waals surface area contributed by atoms with E-state index in [0.717, 1.165) is 6.07 Å². The summed E-state index contributed by atoms with van der Waals surface area (Å²) < 4.78 is 32.8. The molecule has 106 valence electrons. The Morgan fingerprint density at radius 3 is 2.57 bits per heavy atom. The molecule has 0 fully saturated rings. The van der Waals surface area contributed by atoms with Crippen LogP contribution >= 0.6 is 11.6 Å². The van der Waals surface area contributed by atoms with Crippen molar-refractivity contribution in [3.8, 4) is 22.8 Å². The van der Waals surface area contributed by atoms with E-state index in [1.807, 2.05) is 0 Å². The van der Waals surface area contributed by atoms with E-state index < -0.39 is 11.6 Å². The first kappa shape index (κ1) is 13.6. The third-order valence-corrected chi connectivity index (χ3v) is 3.12. The van der Waals surface area contributed by atoms with Crippen LogP contribution in [0.2, 0.25) is 5.02 Å². The van der Waals surface area contributed by atoms with Crippen LogP contribution in [0.5, 0.6) is 11.5 Å². The molecule has 2 aromatic carbocycles. The van der Waals surface area contributed by atoms with Crippen molar-refractivity contribution in [1.82, 2.24) is 10.2 Å². The van der Waals surface area contributed by atoms with Crippen LogP contribution in [0.4, 0.5) is 8.78 Å². The first-order chi connectivity index (χ1) is 10.1. The van der Waals surface area contributed by atoms with Crippen molar-refractivity contribution in [3.05, 3.63) is 65.3 Å². The number of ether oxygens (including phenoxy) is 1. The molecule has 21 heavy (non-hydrogen) atoms. The highest BCUT2D eigenvalue weighted by molar-refractivity contribution is 6.30. The standard InChI is InChI=1S/C15H9ClF2N2O/c16-9-4-6-10(7-5-9)21-13-8-19-20-15(13)11-2-1-3-12(17)14(11)18/h1-8H,(H,19,20). The van der Waals surface area contributed by atoms with Crippen molar-refractivity contribution in [2.45, 2.75) is 0 Å². The highest BCUT2D eigenvalue weighted by atomic mass is 35.5. The molecule has 0 amide bonds. The Hall–Kier alpha value is -2.40. The molecule has 0 spiro atoms. The van der Waals surface area contributed by atoms with Gasteiger partial charge in [-0.2, -0.15) is 5.10 Å². The molecule has 0 radical (unpaired) electrons. The second kappa shape index (κ2) is 5.54. The minimum atomic E-state index is -0.956. The van der Waals surface area contributed by atoms with Gasteiger partial charge in [-0.1, -0.05) is 17.7 Å². The molecule has 1 heterocycles. The van der Waals surface area contributed by atoms with E-state index in [4.69, 9.17) is 16.3 Å². The summed E-state index contributed by atoms with van der Waals surface area (Å²) in [6, 6.07) is 10.6. The first-order valence-corrected chi connectivity index (χ1v) is 6.44. The van der Waals surface area contributed by atoms with Crippen molar-refractivity contribution >= 4 is 11.6 Å². The zero-order chi connectivity index (χ0) is 14.8. The van der Waals surface area contributed by atoms with Gasteiger partial charge in [0.15, 0.2) is 17.4 Å². The van der Waals surface area contributed by atoms with Crippen LogP contribution < -0.4 is 4.74 Å². The lowest BCUT2D eigenvalue weighted by Crippen LogP contribution is -1.92. The number of hydrogen-bond acceptors (Lipinski definition) is 2. The molecule has 0 atom stereocenters. The van der Waals surface area contributed by atoms with Crippen molar-refractivity contribution in [2.75, 3.05) is 0 Å². The quantitative estimate of drug-likeness (QED) is 0.754. The van der Waals surface area contributed by atoms with Crippen LogP contribution in [0.1, 0.15) is 0 Å². The summed E-state index contributed by atoms with van der Waals surface area (Å²) in [6.45, 7) is 0. The molecule has 1 aromatic heterocycles. The van der Waals surface area contributed by atoms with Crippen molar-refractivity contribution in [1.29, 1.82) is 0 Å². The SMILES string of the molecule is Fc1cccc(-c2[nH]ncc2Oc2ccc(Cl)cc2)c1F. The van der Waals surface area contributed by atoms with Gasteiger partial charge in [0.2, 0.25) is 0 Å². The van der Waals surface area contributed by atoms with Crippen molar-refractivity contribution in [2.24, 2.45) is 0 Å². The van der Waals surface area contributed by atoms with E-state index in [1.165, 1.54) is 18.3 Å². The monoisotopic (exact) mass is 306 g/mol. The number of aromatic amines is 1. The van der Waals surface area contributed by atoms with Gasteiger partial charge < -0.3 is 4.74 Å². The Balaban J connectivity index is 1.97. The van der Waals surface area contributed by atoms with Gasteiger partial charge in [0.05, 0.1) is 6.20 Å². The lowest BCUT2D eigenvalue weighted by Gasteiger charge is -2.07. The summed E-state index contributed by atoms with van der Waals surface area (Å²) in [5.41, 5.74) is 0.318. The molecule has 3 nitrogen and oxygen atoms in total. The van der Waals surface area contributed by atoms with Crippen LogP contribution in [0.15, 0.2) is 48.7 Å². The van der Waals surface area contributed by atoms with Crippen LogP contribution in [-0.4, -0.2) is 10.2 Å². The van der Waals surface area contributed by atoms with E-state index in [0.29, 0.717) is 16.5 Å². The van der Waals surface area contributed by atoms with Gasteiger partial charge in [0.25, 0.3) is 0 Å². The number of nitrogens with one attached hydrogen (secondary N) is 1. The third kappa shape index (κ3) is 2.73. The Morgan fingerprint density at radius 1 is 1.05 bits per heavy atom. The number of aromatic nitrogens is 2. The molecule has 6 heteroatoms. The van der Waals surface area contributed by atoms with Crippen molar-refractivity contribution < 1.29 is 13.5 Å². The van der Waals surface area contributed by atoms with Crippen molar-refractivity contribution in [3.63, 3.8) is 0 Å².